The predicted octanol–water partition coefficient (Wildman–Crippen LogP) is 1.53. The highest BCUT2D eigenvalue weighted by Crippen LogP contribution is 2.15. The summed E-state index contributed by atoms with van der Waals surface area (Å²) in [5.41, 5.74) is -0.499. The van der Waals surface area contributed by atoms with Gasteiger partial charge in [0.05, 0.1) is 12.0 Å². The molecule has 0 radical (unpaired) electrons. The summed E-state index contributed by atoms with van der Waals surface area (Å²) in [6.07, 6.45) is 2.91. The smallest absolute Gasteiger partial charge is 0.227 e. The van der Waals surface area contributed by atoms with E-state index in [1.165, 1.54) is 4.88 Å². The minimum Gasteiger partial charge on any atom is -0.359 e. The molecule has 124 valence electrons. The Bertz CT molecular complexity index is 510. The maximum Gasteiger partial charge on any atom is 0.227 e. The topological polar surface area (TPSA) is 78.4 Å². The molecule has 0 aromatic carbocycles. The van der Waals surface area contributed by atoms with E-state index in [0.29, 0.717) is 19.0 Å². The lowest BCUT2D eigenvalue weighted by Crippen LogP contribution is -2.47. The highest BCUT2D eigenvalue weighted by atomic mass is 32.1. The molecular weight excluding hydrogens is 298 g/mol. The molecule has 0 aliphatic rings. The van der Waals surface area contributed by atoms with E-state index in [4.69, 9.17) is 0 Å². The van der Waals surface area contributed by atoms with Gasteiger partial charge in [0.1, 0.15) is 5.01 Å². The Kier molecular flexibility index (Phi) is 7.31. The van der Waals surface area contributed by atoms with E-state index in [-0.39, 0.29) is 5.91 Å². The van der Waals surface area contributed by atoms with Gasteiger partial charge in [0.15, 0.2) is 5.96 Å². The first kappa shape index (κ1) is 18.4. The highest BCUT2D eigenvalue weighted by Gasteiger charge is 2.26. The number of carbonyl (C=O) groups is 1. The van der Waals surface area contributed by atoms with Gasteiger partial charge in [-0.1, -0.05) is 6.92 Å². The van der Waals surface area contributed by atoms with E-state index >= 15 is 0 Å². The average molecular weight is 325 g/mol. The molecule has 0 unspecified atom stereocenters. The number of nitrogens with one attached hydrogen (secondary N) is 3. The first-order valence-corrected chi connectivity index (χ1v) is 8.42. The van der Waals surface area contributed by atoms with Crippen LogP contribution in [0.1, 0.15) is 37.6 Å². The minimum atomic E-state index is -0.499. The lowest BCUT2D eigenvalue weighted by Gasteiger charge is -2.24. The van der Waals surface area contributed by atoms with Crippen LogP contribution in [-0.2, 0) is 17.8 Å². The van der Waals surface area contributed by atoms with Gasteiger partial charge in [0.2, 0.25) is 5.91 Å². The summed E-state index contributed by atoms with van der Waals surface area (Å²) in [5.74, 6) is 0.705. The number of hydrogen-bond acceptors (Lipinski definition) is 4. The maximum absolute atomic E-state index is 11.8. The van der Waals surface area contributed by atoms with Crippen LogP contribution in [0.15, 0.2) is 11.2 Å². The van der Waals surface area contributed by atoms with Crippen molar-refractivity contribution in [3.63, 3.8) is 0 Å². The Labute approximate surface area is 136 Å². The second-order valence-electron chi connectivity index (χ2n) is 5.59. The van der Waals surface area contributed by atoms with Gasteiger partial charge in [-0.15, -0.1) is 11.3 Å². The average Bonchev–Trinajstić information content (AvgIpc) is 2.97. The molecule has 22 heavy (non-hydrogen) atoms. The molecule has 6 nitrogen and oxygen atoms in total. The maximum atomic E-state index is 11.8. The number of hydrogen-bond donors (Lipinski definition) is 3. The van der Waals surface area contributed by atoms with Crippen molar-refractivity contribution in [3.8, 4) is 0 Å². The Hall–Kier alpha value is -1.63. The number of thiazole rings is 1. The van der Waals surface area contributed by atoms with Crippen molar-refractivity contribution in [1.82, 2.24) is 20.9 Å². The molecule has 0 saturated heterocycles. The summed E-state index contributed by atoms with van der Waals surface area (Å²) in [5, 5.41) is 10.1. The van der Waals surface area contributed by atoms with Gasteiger partial charge >= 0.3 is 0 Å². The molecule has 0 fully saturated rings. The van der Waals surface area contributed by atoms with Crippen LogP contribution in [0.4, 0.5) is 0 Å². The van der Waals surface area contributed by atoms with Gasteiger partial charge in [-0.3, -0.25) is 4.79 Å². The zero-order chi connectivity index (χ0) is 16.6. The third-order valence-corrected chi connectivity index (χ3v) is 4.33. The van der Waals surface area contributed by atoms with Crippen molar-refractivity contribution >= 4 is 23.2 Å². The van der Waals surface area contributed by atoms with Crippen molar-refractivity contribution in [2.75, 3.05) is 20.1 Å². The van der Waals surface area contributed by atoms with Crippen LogP contribution in [0, 0.1) is 5.41 Å². The molecule has 0 bridgehead atoms. The number of aliphatic imine (C=N–C) groups is 1. The Morgan fingerprint density at radius 2 is 2.09 bits per heavy atom. The molecule has 1 aromatic rings. The SMILES string of the molecule is CCNC(=NCc1ncc(CC)s1)NCC(C)(C)C(=O)NC. The second kappa shape index (κ2) is 8.73. The molecule has 7 heteroatoms. The largest absolute Gasteiger partial charge is 0.359 e. The zero-order valence-electron chi connectivity index (χ0n) is 14.1. The Balaban J connectivity index is 2.64. The van der Waals surface area contributed by atoms with Crippen molar-refractivity contribution in [1.29, 1.82) is 0 Å². The first-order chi connectivity index (χ1) is 10.4. The van der Waals surface area contributed by atoms with Crippen molar-refractivity contribution < 1.29 is 4.79 Å². The van der Waals surface area contributed by atoms with Gasteiger partial charge in [0, 0.05) is 31.2 Å². The third-order valence-electron chi connectivity index (χ3n) is 3.21. The molecule has 0 spiro atoms. The highest BCUT2D eigenvalue weighted by molar-refractivity contribution is 7.11. The van der Waals surface area contributed by atoms with Crippen molar-refractivity contribution in [3.05, 3.63) is 16.1 Å². The summed E-state index contributed by atoms with van der Waals surface area (Å²) < 4.78 is 0. The molecule has 1 heterocycles. The lowest BCUT2D eigenvalue weighted by molar-refractivity contribution is -0.128. The number of rotatable bonds is 7. The zero-order valence-corrected chi connectivity index (χ0v) is 14.9. The first-order valence-electron chi connectivity index (χ1n) is 7.60. The summed E-state index contributed by atoms with van der Waals surface area (Å²) in [4.78, 5) is 22.0. The van der Waals surface area contributed by atoms with Crippen LogP contribution < -0.4 is 16.0 Å². The monoisotopic (exact) mass is 325 g/mol. The van der Waals surface area contributed by atoms with Gasteiger partial charge in [0.25, 0.3) is 0 Å². The van der Waals surface area contributed by atoms with Crippen LogP contribution in [-0.4, -0.2) is 37.0 Å². The molecular formula is C15H27N5OS. The second-order valence-corrected chi connectivity index (χ2v) is 6.79. The van der Waals surface area contributed by atoms with Crippen LogP contribution in [0.5, 0.6) is 0 Å². The summed E-state index contributed by atoms with van der Waals surface area (Å²) in [6, 6.07) is 0. The standard InChI is InChI=1S/C15H27N5OS/c1-6-11-8-18-12(22-11)9-19-14(17-7-2)20-10-15(3,4)13(21)16-5/h8H,6-7,9-10H2,1-5H3,(H,16,21)(H2,17,19,20). The fourth-order valence-corrected chi connectivity index (χ4v) is 2.58. The van der Waals surface area contributed by atoms with E-state index in [1.54, 1.807) is 18.4 Å². The Morgan fingerprint density at radius 3 is 2.64 bits per heavy atom. The van der Waals surface area contributed by atoms with Crippen LogP contribution in [0.3, 0.4) is 0 Å². The van der Waals surface area contributed by atoms with E-state index in [0.717, 1.165) is 18.0 Å². The molecule has 0 atom stereocenters. The number of aryl methyl sites for hydroxylation is 1. The van der Waals surface area contributed by atoms with Crippen LogP contribution in [0.2, 0.25) is 0 Å². The predicted molar refractivity (Wildman–Crippen MR) is 92.2 cm³/mol. The molecule has 0 aliphatic heterocycles. The fraction of sp³-hybridized carbons (Fsp3) is 0.667. The normalized spacial score (nSPS) is 12.1. The van der Waals surface area contributed by atoms with Crippen molar-refractivity contribution in [2.24, 2.45) is 10.4 Å². The van der Waals surface area contributed by atoms with Gasteiger partial charge in [-0.2, -0.15) is 0 Å². The molecule has 3 N–H and O–H groups in total. The summed E-state index contributed by atoms with van der Waals surface area (Å²) in [6.45, 7) is 9.75. The van der Waals surface area contributed by atoms with Gasteiger partial charge in [-0.05, 0) is 27.2 Å². The molecule has 1 amide bonds. The van der Waals surface area contributed by atoms with Crippen molar-refractivity contribution in [2.45, 2.75) is 40.7 Å². The van der Waals surface area contributed by atoms with Gasteiger partial charge in [-0.25, -0.2) is 9.98 Å². The van der Waals surface area contributed by atoms with Gasteiger partial charge < -0.3 is 16.0 Å². The molecule has 1 aromatic heterocycles. The molecule has 1 rings (SSSR count). The van der Waals surface area contributed by atoms with Crippen LogP contribution in [0.25, 0.3) is 0 Å². The quantitative estimate of drug-likeness (QED) is 0.525. The van der Waals surface area contributed by atoms with E-state index in [9.17, 15) is 4.79 Å². The number of nitrogens with zero attached hydrogens (tertiary/aromatic N) is 2. The summed E-state index contributed by atoms with van der Waals surface area (Å²) >= 11 is 1.69. The van der Waals surface area contributed by atoms with Crippen LogP contribution >= 0.6 is 11.3 Å². The number of aromatic nitrogens is 1. The molecule has 0 aliphatic carbocycles. The minimum absolute atomic E-state index is 0.00311. The fourth-order valence-electron chi connectivity index (χ4n) is 1.80. The number of guanidine groups is 1. The lowest BCUT2D eigenvalue weighted by atomic mass is 9.92. The third kappa shape index (κ3) is 5.63. The van der Waals surface area contributed by atoms with E-state index in [1.807, 2.05) is 27.0 Å². The number of amides is 1. The molecule has 0 saturated carbocycles. The summed E-state index contributed by atoms with van der Waals surface area (Å²) in [7, 11) is 1.65. The van der Waals surface area contributed by atoms with E-state index in [2.05, 4.69) is 32.9 Å². The Morgan fingerprint density at radius 1 is 1.36 bits per heavy atom. The number of carbonyl (C=O) groups excluding carboxylic acids is 1. The van der Waals surface area contributed by atoms with E-state index < -0.39 is 5.41 Å².